The number of nitrogens with one attached hydrogen (secondary N) is 1. The summed E-state index contributed by atoms with van der Waals surface area (Å²) < 4.78 is 6.88. The molecule has 2 aromatic carbocycles. The lowest BCUT2D eigenvalue weighted by Crippen LogP contribution is -2.44. The van der Waals surface area contributed by atoms with E-state index in [-0.39, 0.29) is 23.3 Å². The Bertz CT molecular complexity index is 1150. The molecule has 0 bridgehead atoms. The number of nitro benzene ring substituents is 1. The molecule has 10 nitrogen and oxygen atoms in total. The van der Waals surface area contributed by atoms with E-state index in [1.807, 2.05) is 18.2 Å². The molecule has 0 unspecified atom stereocenters. The van der Waals surface area contributed by atoms with Gasteiger partial charge in [-0.3, -0.25) is 19.8 Å². The van der Waals surface area contributed by atoms with Gasteiger partial charge >= 0.3 is 0 Å². The summed E-state index contributed by atoms with van der Waals surface area (Å²) in [6.45, 7) is 4.26. The number of para-hydroxylation sites is 1. The van der Waals surface area contributed by atoms with Crippen LogP contribution in [0.5, 0.6) is 5.75 Å². The second-order valence-corrected chi connectivity index (χ2v) is 8.05. The molecule has 33 heavy (non-hydrogen) atoms. The van der Waals surface area contributed by atoms with E-state index in [1.165, 1.54) is 16.8 Å². The minimum Gasteiger partial charge on any atom is -0.496 e. The van der Waals surface area contributed by atoms with Crippen molar-refractivity contribution in [3.8, 4) is 11.4 Å². The fraction of sp³-hybridized carbons (Fsp3) is 0.348. The predicted molar refractivity (Wildman–Crippen MR) is 122 cm³/mol. The van der Waals surface area contributed by atoms with Crippen LogP contribution in [0.25, 0.3) is 5.69 Å². The molecule has 4 rings (SSSR count). The maximum absolute atomic E-state index is 12.8. The molecular formula is C23H26N6O4. The number of aromatic nitrogens is 3. The van der Waals surface area contributed by atoms with Crippen LogP contribution in [-0.2, 0) is 6.54 Å². The Kier molecular flexibility index (Phi) is 6.64. The molecule has 0 radical (unpaired) electrons. The predicted octanol–water partition coefficient (Wildman–Crippen LogP) is 2.89. The van der Waals surface area contributed by atoms with Crippen LogP contribution in [0.3, 0.4) is 0 Å². The molecule has 1 saturated heterocycles. The van der Waals surface area contributed by atoms with E-state index in [9.17, 15) is 14.9 Å². The second-order valence-electron chi connectivity index (χ2n) is 8.05. The number of hydrogen-bond acceptors (Lipinski definition) is 7. The van der Waals surface area contributed by atoms with Crippen LogP contribution in [0, 0.1) is 17.0 Å². The van der Waals surface area contributed by atoms with Crippen molar-refractivity contribution in [2.24, 2.45) is 0 Å². The SMILES string of the molecule is COc1ccccc1CN1CCC(NC(=O)c2nnn(-c3cccc([N+](=O)[O-])c3)c2C)CC1. The zero-order valence-corrected chi connectivity index (χ0v) is 18.6. The van der Waals surface area contributed by atoms with Gasteiger partial charge in [-0.05, 0) is 31.9 Å². The third-order valence-corrected chi connectivity index (χ3v) is 5.90. The second kappa shape index (κ2) is 9.78. The minimum absolute atomic E-state index is 0.0479. The van der Waals surface area contributed by atoms with Crippen molar-refractivity contribution in [2.75, 3.05) is 20.2 Å². The standard InChI is InChI=1S/C23H26N6O4/c1-16-22(25-26-28(16)19-7-5-8-20(14-19)29(31)32)23(30)24-18-10-12-27(13-11-18)15-17-6-3-4-9-21(17)33-2/h3-9,14,18H,10-13,15H2,1-2H3,(H,24,30). The maximum Gasteiger partial charge on any atom is 0.273 e. The average molecular weight is 450 g/mol. The fourth-order valence-electron chi connectivity index (χ4n) is 4.09. The zero-order chi connectivity index (χ0) is 23.4. The van der Waals surface area contributed by atoms with Crippen molar-refractivity contribution in [3.63, 3.8) is 0 Å². The molecule has 1 aromatic heterocycles. The number of likely N-dealkylation sites (tertiary alicyclic amines) is 1. The first-order valence-electron chi connectivity index (χ1n) is 10.8. The van der Waals surface area contributed by atoms with Crippen molar-refractivity contribution in [1.82, 2.24) is 25.2 Å². The van der Waals surface area contributed by atoms with E-state index >= 15 is 0 Å². The number of methoxy groups -OCH3 is 1. The topological polar surface area (TPSA) is 115 Å². The van der Waals surface area contributed by atoms with Crippen LogP contribution in [-0.4, -0.2) is 57.0 Å². The summed E-state index contributed by atoms with van der Waals surface area (Å²) in [4.78, 5) is 25.8. The van der Waals surface area contributed by atoms with Gasteiger partial charge in [0.15, 0.2) is 5.69 Å². The Morgan fingerprint density at radius 1 is 1.21 bits per heavy atom. The van der Waals surface area contributed by atoms with Gasteiger partial charge in [-0.15, -0.1) is 5.10 Å². The molecular weight excluding hydrogens is 424 g/mol. The van der Waals surface area contributed by atoms with Crippen LogP contribution in [0.2, 0.25) is 0 Å². The first-order valence-corrected chi connectivity index (χ1v) is 10.8. The molecule has 1 aliphatic rings. The third-order valence-electron chi connectivity index (χ3n) is 5.90. The van der Waals surface area contributed by atoms with Gasteiger partial charge in [-0.25, -0.2) is 4.68 Å². The van der Waals surface area contributed by atoms with Crippen molar-refractivity contribution >= 4 is 11.6 Å². The van der Waals surface area contributed by atoms with Crippen LogP contribution < -0.4 is 10.1 Å². The summed E-state index contributed by atoms with van der Waals surface area (Å²) in [5.41, 5.74) is 2.33. The lowest BCUT2D eigenvalue weighted by Gasteiger charge is -2.32. The first-order chi connectivity index (χ1) is 16.0. The van der Waals surface area contributed by atoms with Crippen molar-refractivity contribution in [3.05, 3.63) is 75.6 Å². The van der Waals surface area contributed by atoms with Crippen molar-refractivity contribution in [2.45, 2.75) is 32.4 Å². The summed E-state index contributed by atoms with van der Waals surface area (Å²) in [7, 11) is 1.68. The summed E-state index contributed by atoms with van der Waals surface area (Å²) in [5, 5.41) is 22.2. The molecule has 1 fully saturated rings. The molecule has 0 aliphatic carbocycles. The number of piperidine rings is 1. The monoisotopic (exact) mass is 450 g/mol. The highest BCUT2D eigenvalue weighted by atomic mass is 16.6. The van der Waals surface area contributed by atoms with Crippen molar-refractivity contribution in [1.29, 1.82) is 0 Å². The molecule has 172 valence electrons. The van der Waals surface area contributed by atoms with Gasteiger partial charge in [-0.1, -0.05) is 29.5 Å². The highest BCUT2D eigenvalue weighted by Crippen LogP contribution is 2.22. The third kappa shape index (κ3) is 5.01. The van der Waals surface area contributed by atoms with E-state index in [0.29, 0.717) is 11.4 Å². The number of ether oxygens (including phenoxy) is 1. The van der Waals surface area contributed by atoms with Gasteiger partial charge in [0.25, 0.3) is 11.6 Å². The zero-order valence-electron chi connectivity index (χ0n) is 18.6. The lowest BCUT2D eigenvalue weighted by molar-refractivity contribution is -0.384. The molecule has 2 heterocycles. The van der Waals surface area contributed by atoms with Crippen LogP contribution in [0.15, 0.2) is 48.5 Å². The molecule has 10 heteroatoms. The number of hydrogen-bond donors (Lipinski definition) is 1. The molecule has 1 aliphatic heterocycles. The minimum atomic E-state index is -0.469. The Morgan fingerprint density at radius 2 is 1.97 bits per heavy atom. The van der Waals surface area contributed by atoms with E-state index < -0.39 is 4.92 Å². The number of nitrogens with zero attached hydrogens (tertiary/aromatic N) is 5. The molecule has 1 amide bonds. The normalized spacial score (nSPS) is 14.7. The lowest BCUT2D eigenvalue weighted by atomic mass is 10.0. The number of carbonyl (C=O) groups is 1. The number of carbonyl (C=O) groups excluding carboxylic acids is 1. The first kappa shape index (κ1) is 22.4. The summed E-state index contributed by atoms with van der Waals surface area (Å²) in [6, 6.07) is 14.1. The molecule has 0 atom stereocenters. The number of nitro groups is 1. The van der Waals surface area contributed by atoms with E-state index in [0.717, 1.165) is 43.8 Å². The number of amides is 1. The van der Waals surface area contributed by atoms with Gasteiger partial charge in [0.05, 0.1) is 23.4 Å². The highest BCUT2D eigenvalue weighted by Gasteiger charge is 2.25. The van der Waals surface area contributed by atoms with Gasteiger partial charge < -0.3 is 10.1 Å². The van der Waals surface area contributed by atoms with E-state index in [2.05, 4.69) is 26.6 Å². The summed E-state index contributed by atoms with van der Waals surface area (Å²) in [6.07, 6.45) is 1.66. The van der Waals surface area contributed by atoms with Crippen LogP contribution in [0.4, 0.5) is 5.69 Å². The number of non-ortho nitro benzene ring substituents is 1. The van der Waals surface area contributed by atoms with E-state index in [1.54, 1.807) is 26.2 Å². The Hall–Kier alpha value is -3.79. The van der Waals surface area contributed by atoms with Gasteiger partial charge in [-0.2, -0.15) is 0 Å². The fourth-order valence-corrected chi connectivity index (χ4v) is 4.09. The highest BCUT2D eigenvalue weighted by molar-refractivity contribution is 5.93. The Labute approximate surface area is 191 Å². The number of benzene rings is 2. The van der Waals surface area contributed by atoms with Crippen LogP contribution >= 0.6 is 0 Å². The van der Waals surface area contributed by atoms with Crippen molar-refractivity contribution < 1.29 is 14.5 Å². The van der Waals surface area contributed by atoms with Gasteiger partial charge in [0.2, 0.25) is 0 Å². The summed E-state index contributed by atoms with van der Waals surface area (Å²) in [5.74, 6) is 0.600. The molecule has 3 aromatic rings. The van der Waals surface area contributed by atoms with Gasteiger partial charge in [0, 0.05) is 43.4 Å². The van der Waals surface area contributed by atoms with Gasteiger partial charge in [0.1, 0.15) is 5.75 Å². The Balaban J connectivity index is 1.36. The maximum atomic E-state index is 12.8. The molecule has 0 saturated carbocycles. The number of rotatable bonds is 7. The largest absolute Gasteiger partial charge is 0.496 e. The molecule has 1 N–H and O–H groups in total. The summed E-state index contributed by atoms with van der Waals surface area (Å²) >= 11 is 0. The average Bonchev–Trinajstić information content (AvgIpc) is 3.22. The Morgan fingerprint density at radius 3 is 2.70 bits per heavy atom. The molecule has 0 spiro atoms. The quantitative estimate of drug-likeness (QED) is 0.435. The smallest absolute Gasteiger partial charge is 0.273 e. The van der Waals surface area contributed by atoms with E-state index in [4.69, 9.17) is 4.74 Å². The van der Waals surface area contributed by atoms with Crippen LogP contribution in [0.1, 0.15) is 34.6 Å².